The summed E-state index contributed by atoms with van der Waals surface area (Å²) >= 11 is 0. The third-order valence-corrected chi connectivity index (χ3v) is 11.7. The van der Waals surface area contributed by atoms with Crippen molar-refractivity contribution in [3.05, 3.63) is 12.3 Å². The normalized spacial score (nSPS) is 48.2. The first kappa shape index (κ1) is 25.6. The zero-order valence-electron chi connectivity index (χ0n) is 22.2. The van der Waals surface area contributed by atoms with Crippen molar-refractivity contribution in [2.45, 2.75) is 116 Å². The van der Waals surface area contributed by atoms with Crippen molar-refractivity contribution in [3.8, 4) is 0 Å². The van der Waals surface area contributed by atoms with Crippen LogP contribution in [0.2, 0.25) is 0 Å². The van der Waals surface area contributed by atoms with E-state index in [4.69, 9.17) is 9.47 Å². The van der Waals surface area contributed by atoms with Crippen molar-refractivity contribution in [2.75, 3.05) is 6.61 Å². The average Bonchev–Trinajstić information content (AvgIpc) is 3.16. The summed E-state index contributed by atoms with van der Waals surface area (Å²) in [6.45, 7) is 12.0. The van der Waals surface area contributed by atoms with Gasteiger partial charge in [-0.05, 0) is 104 Å². The first-order valence-corrected chi connectivity index (χ1v) is 14.5. The number of rotatable bonds is 6. The van der Waals surface area contributed by atoms with Crippen LogP contribution in [0, 0.1) is 46.3 Å². The molecule has 0 radical (unpaired) electrons. The molecular weight excluding hydrogens is 440 g/mol. The molecule has 11 unspecified atom stereocenters. The Bertz CT molecular complexity index is 811. The lowest BCUT2D eigenvalue weighted by molar-refractivity contribution is -0.174. The Morgan fingerprint density at radius 2 is 1.83 bits per heavy atom. The maximum Gasteiger partial charge on any atom is 0.309 e. The zero-order valence-corrected chi connectivity index (χ0v) is 22.2. The second kappa shape index (κ2) is 9.67. The van der Waals surface area contributed by atoms with Gasteiger partial charge in [-0.3, -0.25) is 4.79 Å². The van der Waals surface area contributed by atoms with Gasteiger partial charge < -0.3 is 19.7 Å². The Labute approximate surface area is 212 Å². The van der Waals surface area contributed by atoms with E-state index in [2.05, 4.69) is 27.4 Å². The molecule has 5 heteroatoms. The van der Waals surface area contributed by atoms with Crippen LogP contribution in [0.4, 0.5) is 0 Å². The molecule has 1 heterocycles. The second-order valence-corrected chi connectivity index (χ2v) is 13.5. The van der Waals surface area contributed by atoms with Crippen LogP contribution >= 0.6 is 0 Å². The Balaban J connectivity index is 1.21. The van der Waals surface area contributed by atoms with Gasteiger partial charge in [0.2, 0.25) is 0 Å². The minimum absolute atomic E-state index is 0.0819. The molecule has 4 aliphatic carbocycles. The molecule has 0 spiro atoms. The average molecular weight is 489 g/mol. The molecular formula is C30H48O5. The Morgan fingerprint density at radius 1 is 1.09 bits per heavy atom. The summed E-state index contributed by atoms with van der Waals surface area (Å²) in [7, 11) is 0. The lowest BCUT2D eigenvalue weighted by Crippen LogP contribution is -2.58. The highest BCUT2D eigenvalue weighted by Gasteiger charge is 2.62. The van der Waals surface area contributed by atoms with Gasteiger partial charge in [0.25, 0.3) is 0 Å². The van der Waals surface area contributed by atoms with E-state index in [9.17, 15) is 15.0 Å². The third kappa shape index (κ3) is 4.58. The predicted octanol–water partition coefficient (Wildman–Crippen LogP) is 5.63. The molecule has 5 aliphatic rings. The van der Waals surface area contributed by atoms with Crippen molar-refractivity contribution in [1.82, 2.24) is 0 Å². The number of ether oxygens (including phenoxy) is 2. The van der Waals surface area contributed by atoms with Crippen molar-refractivity contribution in [2.24, 2.45) is 46.3 Å². The van der Waals surface area contributed by atoms with Gasteiger partial charge in [-0.2, -0.15) is 0 Å². The molecule has 5 rings (SSSR count). The largest absolute Gasteiger partial charge is 0.495 e. The van der Waals surface area contributed by atoms with Crippen LogP contribution in [0.1, 0.15) is 97.8 Å². The number of aliphatic hydroxyl groups is 2. The lowest BCUT2D eigenvalue weighted by Gasteiger charge is -2.62. The molecule has 5 fully saturated rings. The van der Waals surface area contributed by atoms with Gasteiger partial charge in [-0.25, -0.2) is 0 Å². The first-order chi connectivity index (χ1) is 16.6. The second-order valence-electron chi connectivity index (χ2n) is 13.5. The van der Waals surface area contributed by atoms with Gasteiger partial charge in [0.1, 0.15) is 6.10 Å². The first-order valence-electron chi connectivity index (χ1n) is 14.5. The predicted molar refractivity (Wildman–Crippen MR) is 135 cm³/mol. The molecule has 198 valence electrons. The third-order valence-electron chi connectivity index (χ3n) is 11.7. The van der Waals surface area contributed by atoms with Crippen LogP contribution in [0.5, 0.6) is 0 Å². The highest BCUT2D eigenvalue weighted by molar-refractivity contribution is 5.70. The van der Waals surface area contributed by atoms with Gasteiger partial charge in [-0.15, -0.1) is 0 Å². The van der Waals surface area contributed by atoms with E-state index in [0.717, 1.165) is 50.7 Å². The molecule has 2 N–H and O–H groups in total. The van der Waals surface area contributed by atoms with E-state index in [-0.39, 0.29) is 29.7 Å². The number of aliphatic hydroxyl groups excluding tert-OH is 2. The maximum atomic E-state index is 11.5. The minimum Gasteiger partial charge on any atom is -0.495 e. The van der Waals surface area contributed by atoms with Gasteiger partial charge in [-0.1, -0.05) is 27.4 Å². The smallest absolute Gasteiger partial charge is 0.309 e. The summed E-state index contributed by atoms with van der Waals surface area (Å²) in [6, 6.07) is 0. The molecule has 1 aliphatic heterocycles. The number of allylic oxidation sites excluding steroid dienone is 1. The monoisotopic (exact) mass is 488 g/mol. The van der Waals surface area contributed by atoms with Crippen LogP contribution in [-0.2, 0) is 14.3 Å². The van der Waals surface area contributed by atoms with Crippen LogP contribution in [0.15, 0.2) is 12.3 Å². The van der Waals surface area contributed by atoms with Crippen LogP contribution in [0.3, 0.4) is 0 Å². The number of esters is 1. The van der Waals surface area contributed by atoms with Crippen molar-refractivity contribution in [1.29, 1.82) is 0 Å². The fourth-order valence-electron chi connectivity index (χ4n) is 9.81. The number of fused-ring (bicyclic) bond motifs is 5. The zero-order chi connectivity index (χ0) is 25.0. The molecule has 35 heavy (non-hydrogen) atoms. The highest BCUT2D eigenvalue weighted by atomic mass is 16.5. The Morgan fingerprint density at radius 3 is 2.60 bits per heavy atom. The molecule has 4 saturated carbocycles. The number of carbonyl (C=O) groups is 1. The summed E-state index contributed by atoms with van der Waals surface area (Å²) in [4.78, 5) is 11.5. The molecule has 1 saturated heterocycles. The molecule has 11 atom stereocenters. The van der Waals surface area contributed by atoms with E-state index >= 15 is 0 Å². The van der Waals surface area contributed by atoms with Crippen molar-refractivity contribution in [3.63, 3.8) is 0 Å². The fourth-order valence-corrected chi connectivity index (χ4v) is 9.81. The standard InChI is InChI=1S/C30H48O5/c1-18(5-6-19(2)35-22-11-14-34-27(33)17-22)23-7-8-24-28-25(10-13-30(23,24)4)29(3)12-9-21(31)15-20(29)16-26(28)32/h18,20-26,28,31-32H,2,5-17H2,1,3-4H3. The molecule has 0 aromatic carbocycles. The van der Waals surface area contributed by atoms with Crippen LogP contribution < -0.4 is 0 Å². The van der Waals surface area contributed by atoms with E-state index in [1.54, 1.807) is 0 Å². The summed E-state index contributed by atoms with van der Waals surface area (Å²) in [5.41, 5.74) is 0.586. The van der Waals surface area contributed by atoms with Crippen molar-refractivity contribution < 1.29 is 24.5 Å². The summed E-state index contributed by atoms with van der Waals surface area (Å²) in [5.74, 6) is 4.02. The molecule has 0 bridgehead atoms. The molecule has 0 aromatic heterocycles. The van der Waals surface area contributed by atoms with E-state index < -0.39 is 0 Å². The van der Waals surface area contributed by atoms with Crippen molar-refractivity contribution >= 4 is 5.97 Å². The van der Waals surface area contributed by atoms with Gasteiger partial charge >= 0.3 is 5.97 Å². The summed E-state index contributed by atoms with van der Waals surface area (Å²) < 4.78 is 11.0. The molecule has 0 amide bonds. The highest BCUT2D eigenvalue weighted by Crippen LogP contribution is 2.68. The minimum atomic E-state index is -0.211. The number of cyclic esters (lactones) is 1. The SMILES string of the molecule is C=C(CCC(C)C1CCC2C3C(O)CC4CC(O)CCC4(C)C3CCC12C)OC1CCOC(=O)C1. The Kier molecular flexibility index (Phi) is 7.06. The van der Waals surface area contributed by atoms with Gasteiger partial charge in [0, 0.05) is 12.8 Å². The topological polar surface area (TPSA) is 76.0 Å². The number of hydrogen-bond donors (Lipinski definition) is 2. The van der Waals surface area contributed by atoms with Crippen LogP contribution in [0.25, 0.3) is 0 Å². The molecule has 0 aromatic rings. The van der Waals surface area contributed by atoms with Gasteiger partial charge in [0.15, 0.2) is 0 Å². The van der Waals surface area contributed by atoms with E-state index in [0.29, 0.717) is 54.0 Å². The van der Waals surface area contributed by atoms with E-state index in [1.807, 2.05) is 0 Å². The summed E-state index contributed by atoms with van der Waals surface area (Å²) in [6.07, 6.45) is 11.4. The Hall–Kier alpha value is -1.07. The quantitative estimate of drug-likeness (QED) is 0.374. The summed E-state index contributed by atoms with van der Waals surface area (Å²) in [5, 5.41) is 21.7. The number of carbonyl (C=O) groups excluding carboxylic acids is 1. The number of hydrogen-bond acceptors (Lipinski definition) is 5. The lowest BCUT2D eigenvalue weighted by atomic mass is 9.43. The maximum absolute atomic E-state index is 11.5. The fraction of sp³-hybridized carbons (Fsp3) is 0.900. The van der Waals surface area contributed by atoms with Gasteiger partial charge in [0.05, 0.1) is 31.0 Å². The van der Waals surface area contributed by atoms with Crippen LogP contribution in [-0.4, -0.2) is 41.1 Å². The molecule has 5 nitrogen and oxygen atoms in total. The van der Waals surface area contributed by atoms with E-state index in [1.165, 1.54) is 25.7 Å².